The normalized spacial score (nSPS) is 20.4. The number of nitrogens with zero attached hydrogens (tertiary/aromatic N) is 3. The number of hydrogen-bond acceptors (Lipinski definition) is 6. The van der Waals surface area contributed by atoms with Gasteiger partial charge in [-0.3, -0.25) is 14.7 Å². The second kappa shape index (κ2) is 11.2. The quantitative estimate of drug-likeness (QED) is 0.344. The summed E-state index contributed by atoms with van der Waals surface area (Å²) in [5, 5.41) is 9.72. The minimum atomic E-state index is -0.758. The van der Waals surface area contributed by atoms with E-state index in [0.29, 0.717) is 23.9 Å². The molecule has 1 saturated carbocycles. The molecule has 40 heavy (non-hydrogen) atoms. The number of carbonyl (C=O) groups is 1. The minimum absolute atomic E-state index is 0.0106. The van der Waals surface area contributed by atoms with Crippen LogP contribution in [-0.4, -0.2) is 46.1 Å². The molecule has 0 spiro atoms. The van der Waals surface area contributed by atoms with Gasteiger partial charge in [0, 0.05) is 23.7 Å². The van der Waals surface area contributed by atoms with Gasteiger partial charge in [-0.25, -0.2) is 9.37 Å². The predicted octanol–water partition coefficient (Wildman–Crippen LogP) is 6.17. The summed E-state index contributed by atoms with van der Waals surface area (Å²) < 4.78 is 26.8. The van der Waals surface area contributed by atoms with Crippen molar-refractivity contribution < 1.29 is 23.8 Å². The lowest BCUT2D eigenvalue weighted by Gasteiger charge is -2.29. The van der Waals surface area contributed by atoms with Crippen molar-refractivity contribution in [2.45, 2.75) is 64.0 Å². The van der Waals surface area contributed by atoms with E-state index in [0.717, 1.165) is 85.4 Å². The highest BCUT2D eigenvalue weighted by Crippen LogP contribution is 2.48. The van der Waals surface area contributed by atoms with E-state index < -0.39 is 17.7 Å². The molecule has 3 aliphatic rings. The van der Waals surface area contributed by atoms with Crippen LogP contribution < -0.4 is 9.47 Å². The monoisotopic (exact) mass is 545 g/mol. The SMILES string of the molecule is COc1cc(-c2ccc(C3CCc4ccc([C@H](C5CC5)[C@H](C)C(=O)O)cc4O3)nc2CN2CCCC2)c(F)cn1. The van der Waals surface area contributed by atoms with Gasteiger partial charge in [0.15, 0.2) is 0 Å². The molecule has 1 N–H and O–H groups in total. The van der Waals surface area contributed by atoms with Gasteiger partial charge in [-0.15, -0.1) is 0 Å². The molecule has 1 unspecified atom stereocenters. The van der Waals surface area contributed by atoms with Gasteiger partial charge >= 0.3 is 5.97 Å². The van der Waals surface area contributed by atoms with Crippen LogP contribution in [0.2, 0.25) is 0 Å². The number of hydrogen-bond donors (Lipinski definition) is 1. The average molecular weight is 546 g/mol. The zero-order valence-corrected chi connectivity index (χ0v) is 23.1. The number of aryl methyl sites for hydroxylation is 1. The van der Waals surface area contributed by atoms with Crippen molar-refractivity contribution in [3.05, 3.63) is 70.9 Å². The second-order valence-electron chi connectivity index (χ2n) is 11.4. The van der Waals surface area contributed by atoms with E-state index in [1.54, 1.807) is 6.07 Å². The molecule has 1 aliphatic carbocycles. The van der Waals surface area contributed by atoms with Crippen LogP contribution in [0.15, 0.2) is 42.6 Å². The van der Waals surface area contributed by atoms with Crippen molar-refractivity contribution in [1.82, 2.24) is 14.9 Å². The van der Waals surface area contributed by atoms with Crippen molar-refractivity contribution in [1.29, 1.82) is 0 Å². The van der Waals surface area contributed by atoms with E-state index in [-0.39, 0.29) is 12.0 Å². The third kappa shape index (κ3) is 5.42. The van der Waals surface area contributed by atoms with E-state index in [1.165, 1.54) is 13.3 Å². The lowest BCUT2D eigenvalue weighted by Crippen LogP contribution is -2.22. The Hall–Kier alpha value is -3.52. The Morgan fingerprint density at radius 3 is 2.67 bits per heavy atom. The minimum Gasteiger partial charge on any atom is -0.484 e. The number of halogens is 1. The fraction of sp³-hybridized carbons (Fsp3) is 0.469. The van der Waals surface area contributed by atoms with Gasteiger partial charge in [-0.05, 0) is 86.7 Å². The Balaban J connectivity index is 1.31. The molecule has 7 nitrogen and oxygen atoms in total. The molecule has 1 aromatic carbocycles. The smallest absolute Gasteiger partial charge is 0.306 e. The zero-order valence-electron chi connectivity index (χ0n) is 23.1. The highest BCUT2D eigenvalue weighted by Gasteiger charge is 2.39. The van der Waals surface area contributed by atoms with E-state index >= 15 is 0 Å². The Morgan fingerprint density at radius 2 is 1.95 bits per heavy atom. The van der Waals surface area contributed by atoms with E-state index in [2.05, 4.69) is 28.1 Å². The summed E-state index contributed by atoms with van der Waals surface area (Å²) in [4.78, 5) is 23.3. The van der Waals surface area contributed by atoms with E-state index in [1.807, 2.05) is 19.1 Å². The highest BCUT2D eigenvalue weighted by atomic mass is 19.1. The second-order valence-corrected chi connectivity index (χ2v) is 11.4. The number of aromatic nitrogens is 2. The molecule has 0 amide bonds. The molecule has 0 bridgehead atoms. The van der Waals surface area contributed by atoms with Gasteiger partial charge in [0.2, 0.25) is 5.88 Å². The first-order valence-electron chi connectivity index (χ1n) is 14.4. The third-order valence-corrected chi connectivity index (χ3v) is 8.71. The summed E-state index contributed by atoms with van der Waals surface area (Å²) in [6.45, 7) is 4.45. The standard InChI is InChI=1S/C32H36FN3O4/c1-19(32(37)38)31(21-6-7-21)22-8-5-20-9-12-28(40-29(20)15-22)26-11-10-23(24-16-30(39-2)34-17-25(24)33)27(35-26)18-36-13-3-4-14-36/h5,8,10-11,15-17,19,21,28,31H,3-4,6-7,9,12-14,18H2,1-2H3,(H,37,38)/t19-,28?,31-/m0/s1. The van der Waals surface area contributed by atoms with Gasteiger partial charge in [0.05, 0.1) is 30.6 Å². The summed E-state index contributed by atoms with van der Waals surface area (Å²) in [6.07, 6.45) is 7.05. The molecule has 210 valence electrons. The molecule has 3 atom stereocenters. The number of fused-ring (bicyclic) bond motifs is 1. The number of pyridine rings is 2. The van der Waals surface area contributed by atoms with Gasteiger partial charge in [-0.1, -0.05) is 25.1 Å². The molecule has 0 radical (unpaired) electrons. The molecule has 3 aromatic rings. The number of aliphatic carboxylic acids is 1. The van der Waals surface area contributed by atoms with Crippen LogP contribution in [-0.2, 0) is 17.8 Å². The molecule has 2 aromatic heterocycles. The largest absolute Gasteiger partial charge is 0.484 e. The van der Waals surface area contributed by atoms with Crippen LogP contribution in [0.5, 0.6) is 11.6 Å². The summed E-state index contributed by atoms with van der Waals surface area (Å²) in [6, 6.07) is 11.8. The van der Waals surface area contributed by atoms with Gasteiger partial charge in [-0.2, -0.15) is 0 Å². The molecule has 6 rings (SSSR count). The predicted molar refractivity (Wildman–Crippen MR) is 149 cm³/mol. The van der Waals surface area contributed by atoms with Crippen LogP contribution in [0.4, 0.5) is 4.39 Å². The first kappa shape index (κ1) is 26.7. The Labute approximate surface area is 234 Å². The van der Waals surface area contributed by atoms with Crippen molar-refractivity contribution >= 4 is 5.97 Å². The summed E-state index contributed by atoms with van der Waals surface area (Å²) >= 11 is 0. The van der Waals surface area contributed by atoms with Crippen molar-refractivity contribution in [2.24, 2.45) is 11.8 Å². The average Bonchev–Trinajstić information content (AvgIpc) is 3.67. The molecular formula is C32H36FN3O4. The van der Waals surface area contributed by atoms with Crippen molar-refractivity contribution in [2.75, 3.05) is 20.2 Å². The summed E-state index contributed by atoms with van der Waals surface area (Å²) in [5.41, 5.74) is 4.99. The molecule has 4 heterocycles. The lowest BCUT2D eigenvalue weighted by atomic mass is 9.82. The fourth-order valence-electron chi connectivity index (χ4n) is 6.33. The van der Waals surface area contributed by atoms with Crippen LogP contribution >= 0.6 is 0 Å². The zero-order chi connectivity index (χ0) is 27.8. The van der Waals surface area contributed by atoms with E-state index in [4.69, 9.17) is 14.5 Å². The molecule has 1 saturated heterocycles. The van der Waals surface area contributed by atoms with Gasteiger partial charge in [0.25, 0.3) is 0 Å². The maximum atomic E-state index is 15.0. The van der Waals surface area contributed by atoms with Gasteiger partial charge in [0.1, 0.15) is 17.7 Å². The summed E-state index contributed by atoms with van der Waals surface area (Å²) in [7, 11) is 1.52. The molecule has 2 fully saturated rings. The number of ether oxygens (including phenoxy) is 2. The lowest BCUT2D eigenvalue weighted by molar-refractivity contribution is -0.142. The molecular weight excluding hydrogens is 509 g/mol. The number of methoxy groups -OCH3 is 1. The first-order valence-corrected chi connectivity index (χ1v) is 14.4. The molecule has 2 aliphatic heterocycles. The number of carboxylic acids is 1. The van der Waals surface area contributed by atoms with Crippen molar-refractivity contribution in [3.8, 4) is 22.8 Å². The van der Waals surface area contributed by atoms with E-state index in [9.17, 15) is 14.3 Å². The maximum Gasteiger partial charge on any atom is 0.306 e. The Morgan fingerprint density at radius 1 is 1.15 bits per heavy atom. The van der Waals surface area contributed by atoms with Crippen LogP contribution in [0.3, 0.4) is 0 Å². The van der Waals surface area contributed by atoms with Gasteiger partial charge < -0.3 is 14.6 Å². The fourth-order valence-corrected chi connectivity index (χ4v) is 6.33. The number of rotatable bonds is 9. The number of likely N-dealkylation sites (tertiary alicyclic amines) is 1. The maximum absolute atomic E-state index is 15.0. The highest BCUT2D eigenvalue weighted by molar-refractivity contribution is 5.71. The number of benzene rings is 1. The first-order chi connectivity index (χ1) is 19.4. The Bertz CT molecular complexity index is 1400. The topological polar surface area (TPSA) is 84.8 Å². The van der Waals surface area contributed by atoms with Crippen LogP contribution in [0.1, 0.15) is 73.6 Å². The van der Waals surface area contributed by atoms with Crippen LogP contribution in [0, 0.1) is 17.7 Å². The van der Waals surface area contributed by atoms with Crippen molar-refractivity contribution in [3.63, 3.8) is 0 Å². The Kier molecular flexibility index (Phi) is 7.45. The molecule has 8 heteroatoms. The van der Waals surface area contributed by atoms with Crippen LogP contribution in [0.25, 0.3) is 11.1 Å². The third-order valence-electron chi connectivity index (χ3n) is 8.71. The summed E-state index contributed by atoms with van der Waals surface area (Å²) in [5.74, 6) is -0.0343. The number of carboxylic acid groups (broad SMARTS) is 1.